The summed E-state index contributed by atoms with van der Waals surface area (Å²) in [5, 5.41) is 10.4. The van der Waals surface area contributed by atoms with Crippen LogP contribution < -0.4 is 10.0 Å². The van der Waals surface area contributed by atoms with E-state index in [0.29, 0.717) is 5.69 Å². The third-order valence-electron chi connectivity index (χ3n) is 6.59. The minimum atomic E-state index is -5.08. The van der Waals surface area contributed by atoms with Crippen molar-refractivity contribution in [3.8, 4) is 0 Å². The van der Waals surface area contributed by atoms with Gasteiger partial charge in [-0.3, -0.25) is 9.52 Å². The van der Waals surface area contributed by atoms with E-state index in [4.69, 9.17) is 9.90 Å². The van der Waals surface area contributed by atoms with Gasteiger partial charge in [0.05, 0.1) is 10.3 Å². The highest BCUT2D eigenvalue weighted by molar-refractivity contribution is 7.92. The highest BCUT2D eigenvalue weighted by atomic mass is 32.2. The van der Waals surface area contributed by atoms with Crippen molar-refractivity contribution < 1.29 is 40.7 Å². The number of alkyl halides is 3. The van der Waals surface area contributed by atoms with Gasteiger partial charge in [0.25, 0.3) is 10.0 Å². The van der Waals surface area contributed by atoms with E-state index < -0.39 is 33.4 Å². The minimum absolute atomic E-state index is 0.00665. The van der Waals surface area contributed by atoms with Gasteiger partial charge >= 0.3 is 12.1 Å². The summed E-state index contributed by atoms with van der Waals surface area (Å²) in [6.07, 6.45) is 0.910. The third-order valence-corrected chi connectivity index (χ3v) is 7.99. The summed E-state index contributed by atoms with van der Waals surface area (Å²) in [4.78, 5) is 21.8. The molecule has 2 aromatic rings. The molecule has 0 spiro atoms. The second-order valence-corrected chi connectivity index (χ2v) is 11.1. The molecule has 0 radical (unpaired) electrons. The molecule has 2 fully saturated rings. The van der Waals surface area contributed by atoms with Crippen LogP contribution in [0.15, 0.2) is 53.4 Å². The van der Waals surface area contributed by atoms with E-state index in [0.717, 1.165) is 62.1 Å². The van der Waals surface area contributed by atoms with Crippen LogP contribution in [0.4, 0.5) is 23.2 Å². The van der Waals surface area contributed by atoms with Gasteiger partial charge in [-0.15, -0.1) is 0 Å². The van der Waals surface area contributed by atoms with Gasteiger partial charge in [0, 0.05) is 11.7 Å². The monoisotopic (exact) mass is 544 g/mol. The number of halogens is 4. The van der Waals surface area contributed by atoms with Crippen LogP contribution in [0.1, 0.15) is 51.0 Å². The first-order valence-electron chi connectivity index (χ1n) is 11.7. The van der Waals surface area contributed by atoms with Crippen molar-refractivity contribution in [1.29, 1.82) is 0 Å². The molecular formula is C25H28F4N2O5S. The number of sulfonamides is 1. The van der Waals surface area contributed by atoms with Gasteiger partial charge in [-0.05, 0) is 86.4 Å². The van der Waals surface area contributed by atoms with Gasteiger partial charge in [0.2, 0.25) is 5.91 Å². The number of carboxylic acids is 1. The van der Waals surface area contributed by atoms with Gasteiger partial charge < -0.3 is 10.4 Å². The highest BCUT2D eigenvalue weighted by Gasteiger charge is 2.51. The summed E-state index contributed by atoms with van der Waals surface area (Å²) < 4.78 is 72.2. The van der Waals surface area contributed by atoms with E-state index in [1.54, 1.807) is 12.1 Å². The smallest absolute Gasteiger partial charge is 0.475 e. The second kappa shape index (κ2) is 11.1. The number of nitrogens with one attached hydrogen (secondary N) is 2. The van der Waals surface area contributed by atoms with Gasteiger partial charge in [0.15, 0.2) is 0 Å². The third kappa shape index (κ3) is 7.43. The fourth-order valence-corrected chi connectivity index (χ4v) is 5.24. The molecule has 202 valence electrons. The van der Waals surface area contributed by atoms with Crippen molar-refractivity contribution in [3.05, 3.63) is 59.9 Å². The zero-order valence-corrected chi connectivity index (χ0v) is 20.8. The number of rotatable bonds is 6. The van der Waals surface area contributed by atoms with E-state index in [2.05, 4.69) is 17.0 Å². The van der Waals surface area contributed by atoms with Gasteiger partial charge in [-0.25, -0.2) is 17.6 Å². The number of amides is 1. The minimum Gasteiger partial charge on any atom is -0.475 e. The van der Waals surface area contributed by atoms with Gasteiger partial charge in [-0.1, -0.05) is 19.1 Å². The number of benzene rings is 2. The van der Waals surface area contributed by atoms with Crippen LogP contribution in [0.25, 0.3) is 0 Å². The van der Waals surface area contributed by atoms with E-state index in [9.17, 15) is 30.8 Å². The highest BCUT2D eigenvalue weighted by Crippen LogP contribution is 2.49. The molecule has 2 aromatic carbocycles. The molecule has 0 aliphatic heterocycles. The molecule has 2 saturated carbocycles. The number of aliphatic carboxylic acids is 1. The summed E-state index contributed by atoms with van der Waals surface area (Å²) >= 11 is 0. The first-order valence-corrected chi connectivity index (χ1v) is 13.2. The number of carboxylic acid groups (broad SMARTS) is 1. The fraction of sp³-hybridized carbons (Fsp3) is 0.440. The molecule has 1 amide bonds. The topological polar surface area (TPSA) is 113 Å². The zero-order valence-electron chi connectivity index (χ0n) is 20.0. The lowest BCUT2D eigenvalue weighted by Crippen LogP contribution is -2.43. The van der Waals surface area contributed by atoms with Crippen LogP contribution in [-0.2, 0) is 25.0 Å². The average molecular weight is 545 g/mol. The quantitative estimate of drug-likeness (QED) is 0.444. The Morgan fingerprint density at radius 2 is 1.46 bits per heavy atom. The Balaban J connectivity index is 0.000000479. The molecule has 0 bridgehead atoms. The summed E-state index contributed by atoms with van der Waals surface area (Å²) in [6.45, 7) is 2.26. The lowest BCUT2D eigenvalue weighted by atomic mass is 9.86. The second-order valence-electron chi connectivity index (χ2n) is 9.45. The average Bonchev–Trinajstić information content (AvgIpc) is 3.63. The van der Waals surface area contributed by atoms with Crippen molar-refractivity contribution in [2.45, 2.75) is 68.0 Å². The van der Waals surface area contributed by atoms with Crippen LogP contribution >= 0.6 is 0 Å². The Morgan fingerprint density at radius 1 is 0.946 bits per heavy atom. The summed E-state index contributed by atoms with van der Waals surface area (Å²) in [7, 11) is -3.80. The first kappa shape index (κ1) is 28.4. The van der Waals surface area contributed by atoms with Crippen LogP contribution in [0.2, 0.25) is 0 Å². The predicted molar refractivity (Wildman–Crippen MR) is 128 cm³/mol. The summed E-state index contributed by atoms with van der Waals surface area (Å²) in [6, 6.07) is 11.9. The number of hydrogen-bond acceptors (Lipinski definition) is 4. The fourth-order valence-electron chi connectivity index (χ4n) is 4.18. The van der Waals surface area contributed by atoms with Crippen molar-refractivity contribution in [3.63, 3.8) is 0 Å². The number of carbonyl (C=O) groups is 2. The van der Waals surface area contributed by atoms with E-state index >= 15 is 0 Å². The number of hydrogen-bond donors (Lipinski definition) is 3. The molecule has 0 aromatic heterocycles. The SMILES string of the molecule is CC1CCC(NC(=O)C2(c3ccc(NS(=O)(=O)c4ccc(F)cc4)cc3)CC2)CC1.O=C(O)C(F)(F)F. The Kier molecular flexibility index (Phi) is 8.51. The molecular weight excluding hydrogens is 516 g/mol. The Morgan fingerprint density at radius 3 is 1.92 bits per heavy atom. The maximum Gasteiger partial charge on any atom is 0.490 e. The maximum absolute atomic E-state index is 13.0. The Labute approximate surface area is 212 Å². The molecule has 3 N–H and O–H groups in total. The van der Waals surface area contributed by atoms with Crippen molar-refractivity contribution >= 4 is 27.6 Å². The van der Waals surface area contributed by atoms with Gasteiger partial charge in [0.1, 0.15) is 5.82 Å². The van der Waals surface area contributed by atoms with E-state index in [1.165, 1.54) is 12.1 Å². The summed E-state index contributed by atoms with van der Waals surface area (Å²) in [5.41, 5.74) is 0.826. The lowest BCUT2D eigenvalue weighted by Gasteiger charge is -2.28. The molecule has 4 rings (SSSR count). The molecule has 12 heteroatoms. The molecule has 37 heavy (non-hydrogen) atoms. The normalized spacial score (nSPS) is 20.7. The van der Waals surface area contributed by atoms with E-state index in [1.807, 2.05) is 12.1 Å². The molecule has 0 unspecified atom stereocenters. The standard InChI is InChI=1S/C23H27FN2O3S.C2HF3O2/c1-16-2-8-19(9-3-16)25-22(27)23(14-15-23)17-4-10-20(11-5-17)26-30(28,29)21-12-6-18(24)7-13-21;3-2(4,5)1(6)7/h4-7,10-13,16,19,26H,2-3,8-9,14-15H2,1H3,(H,25,27);(H,6,7). The lowest BCUT2D eigenvalue weighted by molar-refractivity contribution is -0.192. The van der Waals surface area contributed by atoms with Crippen LogP contribution in [0.5, 0.6) is 0 Å². The molecule has 2 aliphatic carbocycles. The molecule has 0 saturated heterocycles. The Bertz CT molecular complexity index is 1200. The largest absolute Gasteiger partial charge is 0.490 e. The van der Waals surface area contributed by atoms with Crippen LogP contribution in [0.3, 0.4) is 0 Å². The van der Waals surface area contributed by atoms with Gasteiger partial charge in [-0.2, -0.15) is 13.2 Å². The molecule has 0 atom stereocenters. The molecule has 0 heterocycles. The first-order chi connectivity index (χ1) is 17.2. The molecule has 7 nitrogen and oxygen atoms in total. The van der Waals surface area contributed by atoms with Crippen molar-refractivity contribution in [1.82, 2.24) is 5.32 Å². The summed E-state index contributed by atoms with van der Waals surface area (Å²) in [5.74, 6) is -2.43. The Hall–Kier alpha value is -3.15. The zero-order chi connectivity index (χ0) is 27.4. The number of carbonyl (C=O) groups excluding carboxylic acids is 1. The van der Waals surface area contributed by atoms with Crippen LogP contribution in [-0.4, -0.2) is 37.6 Å². The number of anilines is 1. The predicted octanol–water partition coefficient (Wildman–Crippen LogP) is 4.99. The maximum atomic E-state index is 13.0. The van der Waals surface area contributed by atoms with Crippen molar-refractivity contribution in [2.75, 3.05) is 4.72 Å². The van der Waals surface area contributed by atoms with Crippen molar-refractivity contribution in [2.24, 2.45) is 5.92 Å². The van der Waals surface area contributed by atoms with Crippen LogP contribution in [0, 0.1) is 11.7 Å². The molecule has 2 aliphatic rings. The van der Waals surface area contributed by atoms with E-state index in [-0.39, 0.29) is 16.8 Å².